The molecule has 15 heavy (non-hydrogen) atoms. The Hall–Kier alpha value is -0.180. The van der Waals surface area contributed by atoms with Crippen molar-refractivity contribution in [3.8, 4) is 0 Å². The van der Waals surface area contributed by atoms with E-state index in [9.17, 15) is 0 Å². The summed E-state index contributed by atoms with van der Waals surface area (Å²) in [6.45, 7) is 0. The molecular weight excluding hydrogens is 204 g/mol. The van der Waals surface area contributed by atoms with Crippen LogP contribution >= 0.6 is 11.8 Å². The first kappa shape index (κ1) is 10.0. The van der Waals surface area contributed by atoms with Crippen LogP contribution in [0.5, 0.6) is 0 Å². The number of rotatable bonds is 1. The van der Waals surface area contributed by atoms with Crippen molar-refractivity contribution < 1.29 is 0 Å². The highest BCUT2D eigenvalue weighted by atomic mass is 32.2. The number of nitrogens with one attached hydrogen (secondary N) is 1. The molecule has 1 heterocycles. The fourth-order valence-corrected chi connectivity index (χ4v) is 3.95. The Labute approximate surface area is 96.3 Å². The molecule has 0 aromatic heterocycles. The Morgan fingerprint density at radius 2 is 1.93 bits per heavy atom. The van der Waals surface area contributed by atoms with E-state index in [1.54, 1.807) is 0 Å². The van der Waals surface area contributed by atoms with Gasteiger partial charge in [-0.15, -0.1) is 0 Å². The summed E-state index contributed by atoms with van der Waals surface area (Å²) in [5.74, 6) is 2.19. The monoisotopic (exact) mass is 224 g/mol. The van der Waals surface area contributed by atoms with Crippen molar-refractivity contribution in [2.24, 2.45) is 10.9 Å². The number of aliphatic imine (C=N–C) groups is 1. The van der Waals surface area contributed by atoms with Gasteiger partial charge < -0.3 is 5.32 Å². The normalized spacial score (nSPS) is 36.4. The third kappa shape index (κ3) is 2.17. The molecule has 0 amide bonds. The Bertz CT molecular complexity index is 260. The molecule has 1 aliphatic heterocycles. The smallest absolute Gasteiger partial charge is 0.157 e. The van der Waals surface area contributed by atoms with Crippen molar-refractivity contribution in [1.82, 2.24) is 5.32 Å². The number of thioether (sulfide) groups is 1. The Morgan fingerprint density at radius 3 is 2.73 bits per heavy atom. The van der Waals surface area contributed by atoms with E-state index in [2.05, 4.69) is 5.32 Å². The van der Waals surface area contributed by atoms with E-state index in [1.807, 2.05) is 11.8 Å². The lowest BCUT2D eigenvalue weighted by Crippen LogP contribution is -2.42. The number of nitrogens with zero attached hydrogens (tertiary/aromatic N) is 1. The molecule has 2 saturated carbocycles. The Kier molecular flexibility index (Phi) is 2.91. The minimum atomic E-state index is 0.655. The van der Waals surface area contributed by atoms with E-state index in [4.69, 9.17) is 4.99 Å². The molecule has 0 radical (unpaired) electrons. The molecule has 3 rings (SSSR count). The molecule has 0 saturated heterocycles. The van der Waals surface area contributed by atoms with E-state index < -0.39 is 0 Å². The van der Waals surface area contributed by atoms with E-state index >= 15 is 0 Å². The Balaban J connectivity index is 1.61. The molecule has 2 fully saturated rings. The zero-order valence-corrected chi connectivity index (χ0v) is 10.1. The lowest BCUT2D eigenvalue weighted by Gasteiger charge is -2.35. The maximum Gasteiger partial charge on any atom is 0.157 e. The van der Waals surface area contributed by atoms with Crippen molar-refractivity contribution in [2.45, 2.75) is 57.0 Å². The van der Waals surface area contributed by atoms with Gasteiger partial charge in [0.25, 0.3) is 0 Å². The van der Waals surface area contributed by atoms with Crippen LogP contribution in [-0.2, 0) is 0 Å². The van der Waals surface area contributed by atoms with Gasteiger partial charge in [-0.1, -0.05) is 24.6 Å². The molecule has 3 heteroatoms. The predicted molar refractivity (Wildman–Crippen MR) is 66.4 cm³/mol. The summed E-state index contributed by atoms with van der Waals surface area (Å²) in [7, 11) is 0. The standard InChI is InChI=1S/C12H20N2S/c1-2-7-11-9(4-1)8-15-12(14-11)13-10-5-3-6-10/h9-11H,1-8H2,(H,13,14). The van der Waals surface area contributed by atoms with E-state index in [0.717, 1.165) is 12.0 Å². The van der Waals surface area contributed by atoms with Crippen LogP contribution in [-0.4, -0.2) is 23.0 Å². The topological polar surface area (TPSA) is 24.4 Å². The fourth-order valence-electron chi connectivity index (χ4n) is 2.73. The maximum atomic E-state index is 4.89. The second-order valence-corrected chi connectivity index (χ2v) is 6.14. The summed E-state index contributed by atoms with van der Waals surface area (Å²) in [4.78, 5) is 4.89. The molecule has 1 N–H and O–H groups in total. The molecule has 0 aromatic rings. The highest BCUT2D eigenvalue weighted by Gasteiger charge is 2.30. The quantitative estimate of drug-likeness (QED) is 0.740. The number of amidine groups is 1. The molecule has 3 aliphatic rings. The van der Waals surface area contributed by atoms with Crippen LogP contribution < -0.4 is 5.32 Å². The SMILES string of the molecule is C1CC(NC2=NC3CCCCC3CS2)C1. The zero-order valence-electron chi connectivity index (χ0n) is 9.24. The van der Waals surface area contributed by atoms with Gasteiger partial charge in [-0.2, -0.15) is 0 Å². The van der Waals surface area contributed by atoms with E-state index in [1.165, 1.54) is 55.9 Å². The van der Waals surface area contributed by atoms with Crippen molar-refractivity contribution in [1.29, 1.82) is 0 Å². The predicted octanol–water partition coefficient (Wildman–Crippen LogP) is 2.79. The molecule has 0 spiro atoms. The third-order valence-corrected chi connectivity index (χ3v) is 5.11. The van der Waals surface area contributed by atoms with Gasteiger partial charge in [0.1, 0.15) is 0 Å². The van der Waals surface area contributed by atoms with Gasteiger partial charge in [-0.3, -0.25) is 4.99 Å². The zero-order chi connectivity index (χ0) is 10.1. The summed E-state index contributed by atoms with van der Waals surface area (Å²) in [5.41, 5.74) is 0. The third-order valence-electron chi connectivity index (χ3n) is 4.02. The summed E-state index contributed by atoms with van der Waals surface area (Å²) in [6, 6.07) is 1.40. The number of hydrogen-bond acceptors (Lipinski definition) is 3. The molecule has 2 aliphatic carbocycles. The summed E-state index contributed by atoms with van der Waals surface area (Å²) in [6.07, 6.45) is 9.69. The van der Waals surface area contributed by atoms with Crippen molar-refractivity contribution in [2.75, 3.05) is 5.75 Å². The molecule has 0 aromatic carbocycles. The van der Waals surface area contributed by atoms with Crippen LogP contribution in [0, 0.1) is 5.92 Å². The van der Waals surface area contributed by atoms with Crippen molar-refractivity contribution >= 4 is 16.9 Å². The minimum absolute atomic E-state index is 0.655. The summed E-state index contributed by atoms with van der Waals surface area (Å²) in [5, 5.41) is 4.85. The van der Waals surface area contributed by atoms with Crippen LogP contribution in [0.15, 0.2) is 4.99 Å². The highest BCUT2D eigenvalue weighted by Crippen LogP contribution is 2.34. The summed E-state index contributed by atoms with van der Waals surface area (Å²) < 4.78 is 0. The number of hydrogen-bond donors (Lipinski definition) is 1. The van der Waals surface area contributed by atoms with Gasteiger partial charge in [-0.05, 0) is 38.0 Å². The molecule has 2 atom stereocenters. The first-order valence-corrected chi connectivity index (χ1v) is 7.37. The van der Waals surface area contributed by atoms with Gasteiger partial charge in [0.05, 0.1) is 6.04 Å². The van der Waals surface area contributed by atoms with Crippen molar-refractivity contribution in [3.63, 3.8) is 0 Å². The molecular formula is C12H20N2S. The highest BCUT2D eigenvalue weighted by molar-refractivity contribution is 8.13. The summed E-state index contributed by atoms with van der Waals surface area (Å²) >= 11 is 1.97. The van der Waals surface area contributed by atoms with Gasteiger partial charge >= 0.3 is 0 Å². The van der Waals surface area contributed by atoms with E-state index in [-0.39, 0.29) is 0 Å². The minimum Gasteiger partial charge on any atom is -0.362 e. The fraction of sp³-hybridized carbons (Fsp3) is 0.917. The van der Waals surface area contributed by atoms with Crippen LogP contribution in [0.25, 0.3) is 0 Å². The maximum absolute atomic E-state index is 4.89. The van der Waals surface area contributed by atoms with Gasteiger partial charge in [0, 0.05) is 11.8 Å². The first-order chi connectivity index (χ1) is 7.42. The van der Waals surface area contributed by atoms with Gasteiger partial charge in [0.15, 0.2) is 5.17 Å². The average molecular weight is 224 g/mol. The molecule has 2 unspecified atom stereocenters. The average Bonchev–Trinajstić information content (AvgIpc) is 2.23. The van der Waals surface area contributed by atoms with Crippen molar-refractivity contribution in [3.05, 3.63) is 0 Å². The lowest BCUT2D eigenvalue weighted by atomic mass is 9.86. The second-order valence-electron chi connectivity index (χ2n) is 5.13. The van der Waals surface area contributed by atoms with Crippen LogP contribution in [0.3, 0.4) is 0 Å². The molecule has 2 nitrogen and oxygen atoms in total. The van der Waals surface area contributed by atoms with Gasteiger partial charge in [0.2, 0.25) is 0 Å². The second kappa shape index (κ2) is 4.36. The first-order valence-electron chi connectivity index (χ1n) is 6.39. The largest absolute Gasteiger partial charge is 0.362 e. The van der Waals surface area contributed by atoms with E-state index in [0.29, 0.717) is 6.04 Å². The molecule has 84 valence electrons. The number of fused-ring (bicyclic) bond motifs is 1. The van der Waals surface area contributed by atoms with Gasteiger partial charge in [-0.25, -0.2) is 0 Å². The lowest BCUT2D eigenvalue weighted by molar-refractivity contribution is 0.332. The molecule has 0 bridgehead atoms. The van der Waals surface area contributed by atoms with Crippen LogP contribution in [0.1, 0.15) is 44.9 Å². The van der Waals surface area contributed by atoms with Crippen LogP contribution in [0.4, 0.5) is 0 Å². The Morgan fingerprint density at radius 1 is 1.07 bits per heavy atom. The van der Waals surface area contributed by atoms with Crippen LogP contribution in [0.2, 0.25) is 0 Å².